The van der Waals surface area contributed by atoms with Crippen LogP contribution in [0.25, 0.3) is 0 Å². The fourth-order valence-electron chi connectivity index (χ4n) is 3.66. The van der Waals surface area contributed by atoms with Crippen molar-refractivity contribution in [1.29, 1.82) is 0 Å². The summed E-state index contributed by atoms with van der Waals surface area (Å²) >= 11 is 0. The van der Waals surface area contributed by atoms with Crippen molar-refractivity contribution in [2.75, 3.05) is 20.6 Å². The molecule has 2 saturated heterocycles. The topological polar surface area (TPSA) is 64.7 Å². The predicted octanol–water partition coefficient (Wildman–Crippen LogP) is 3.56. The lowest BCUT2D eigenvalue weighted by atomic mass is 10.1. The highest BCUT2D eigenvalue weighted by Gasteiger charge is 2.27. The summed E-state index contributed by atoms with van der Waals surface area (Å²) in [5.41, 5.74) is 3.65. The first-order valence-corrected chi connectivity index (χ1v) is 10.5. The number of benzene rings is 2. The highest BCUT2D eigenvalue weighted by atomic mass is 19.1. The van der Waals surface area contributed by atoms with Crippen molar-refractivity contribution in [2.45, 2.75) is 25.4 Å². The molecule has 32 heavy (non-hydrogen) atoms. The van der Waals surface area contributed by atoms with Gasteiger partial charge in [0.2, 0.25) is 0 Å². The SMILES string of the molecule is C=C1CCCN1C.C=C1NC(=O)C(c2ccccc2)N1.CN1Cc2ccc(F)cc2C1=O. The maximum Gasteiger partial charge on any atom is 0.254 e. The Hall–Kier alpha value is -3.61. The van der Waals surface area contributed by atoms with Crippen LogP contribution in [0.3, 0.4) is 0 Å². The summed E-state index contributed by atoms with van der Waals surface area (Å²) in [6, 6.07) is 13.6. The van der Waals surface area contributed by atoms with E-state index in [1.807, 2.05) is 30.3 Å². The number of hydrogen-bond donors (Lipinski definition) is 2. The maximum atomic E-state index is 12.7. The van der Waals surface area contributed by atoms with Crippen molar-refractivity contribution in [3.8, 4) is 0 Å². The van der Waals surface area contributed by atoms with Crippen LogP contribution in [0.4, 0.5) is 4.39 Å². The standard InChI is InChI=1S/C10H10N2O.C9H8FNO.C6H11N/c1-7-11-9(10(13)12-7)8-5-3-2-4-6-8;1-11-5-6-2-3-7(10)4-8(6)9(11)12;1-6-4-3-5-7(6)2/h2-6,9,11H,1H2,(H,12,13);2-4H,5H2,1H3;1,3-5H2,2H3. The van der Waals surface area contributed by atoms with E-state index >= 15 is 0 Å². The van der Waals surface area contributed by atoms with Crippen LogP contribution < -0.4 is 10.6 Å². The Balaban J connectivity index is 0.000000142. The lowest BCUT2D eigenvalue weighted by molar-refractivity contribution is -0.120. The van der Waals surface area contributed by atoms with Gasteiger partial charge in [0.05, 0.1) is 5.82 Å². The molecule has 0 radical (unpaired) electrons. The van der Waals surface area contributed by atoms with Gasteiger partial charge in [0.1, 0.15) is 11.9 Å². The van der Waals surface area contributed by atoms with Gasteiger partial charge in [0.25, 0.3) is 11.8 Å². The van der Waals surface area contributed by atoms with Gasteiger partial charge in [-0.05, 0) is 36.1 Å². The zero-order chi connectivity index (χ0) is 23.3. The summed E-state index contributed by atoms with van der Waals surface area (Å²) in [5, 5.41) is 5.59. The monoisotopic (exact) mass is 436 g/mol. The molecular weight excluding hydrogens is 407 g/mol. The Bertz CT molecular complexity index is 1020. The molecule has 0 aromatic heterocycles. The first kappa shape index (κ1) is 23.1. The molecule has 0 spiro atoms. The van der Waals surface area contributed by atoms with Crippen LogP contribution >= 0.6 is 0 Å². The van der Waals surface area contributed by atoms with E-state index in [1.54, 1.807) is 18.0 Å². The number of hydrogen-bond acceptors (Lipinski definition) is 4. The van der Waals surface area contributed by atoms with Crippen LogP contribution in [-0.4, -0.2) is 42.3 Å². The normalized spacial score (nSPS) is 18.9. The van der Waals surface area contributed by atoms with Gasteiger partial charge in [-0.1, -0.05) is 49.6 Å². The molecule has 5 rings (SSSR count). The third kappa shape index (κ3) is 5.55. The second kappa shape index (κ2) is 10.1. The molecule has 1 atom stereocenters. The summed E-state index contributed by atoms with van der Waals surface area (Å²) in [6.07, 6.45) is 2.51. The average molecular weight is 437 g/mol. The molecule has 6 nitrogen and oxygen atoms in total. The molecule has 168 valence electrons. The molecule has 2 amide bonds. The van der Waals surface area contributed by atoms with Crippen molar-refractivity contribution in [3.05, 3.63) is 95.7 Å². The van der Waals surface area contributed by atoms with E-state index in [-0.39, 0.29) is 23.7 Å². The maximum absolute atomic E-state index is 12.7. The van der Waals surface area contributed by atoms with Crippen molar-refractivity contribution in [1.82, 2.24) is 20.4 Å². The van der Waals surface area contributed by atoms with Gasteiger partial charge in [0.15, 0.2) is 0 Å². The minimum atomic E-state index is -0.350. The first-order chi connectivity index (χ1) is 15.3. The Kier molecular flexibility index (Phi) is 7.30. The van der Waals surface area contributed by atoms with Gasteiger partial charge in [-0.15, -0.1) is 0 Å². The summed E-state index contributed by atoms with van der Waals surface area (Å²) in [5.74, 6) is 0.0805. The fourth-order valence-corrected chi connectivity index (χ4v) is 3.66. The molecule has 0 aliphatic carbocycles. The quantitative estimate of drug-likeness (QED) is 0.718. The molecule has 3 aliphatic rings. The van der Waals surface area contributed by atoms with Gasteiger partial charge in [-0.25, -0.2) is 4.39 Å². The van der Waals surface area contributed by atoms with E-state index in [1.165, 1.54) is 37.2 Å². The minimum absolute atomic E-state index is 0.0452. The molecule has 2 aromatic rings. The van der Waals surface area contributed by atoms with E-state index in [0.717, 1.165) is 11.1 Å². The number of allylic oxidation sites excluding steroid dienone is 1. The van der Waals surface area contributed by atoms with Gasteiger partial charge < -0.3 is 20.4 Å². The molecule has 3 aliphatic heterocycles. The van der Waals surface area contributed by atoms with Gasteiger partial charge in [0, 0.05) is 38.4 Å². The number of nitrogens with zero attached hydrogens (tertiary/aromatic N) is 2. The fraction of sp³-hybridized carbons (Fsp3) is 0.280. The first-order valence-electron chi connectivity index (χ1n) is 10.5. The number of nitrogens with one attached hydrogen (secondary N) is 2. The molecule has 2 aromatic carbocycles. The minimum Gasteiger partial charge on any atom is -0.378 e. The molecule has 0 saturated carbocycles. The number of carbonyl (C=O) groups excluding carboxylic acids is 2. The number of halogens is 1. The molecule has 1 unspecified atom stereocenters. The summed E-state index contributed by atoms with van der Waals surface area (Å²) in [7, 11) is 3.80. The number of fused-ring (bicyclic) bond motifs is 1. The lowest BCUT2D eigenvalue weighted by Gasteiger charge is -2.08. The third-order valence-corrected chi connectivity index (χ3v) is 5.54. The molecule has 0 bridgehead atoms. The summed E-state index contributed by atoms with van der Waals surface area (Å²) in [4.78, 5) is 26.4. The Morgan fingerprint density at radius 1 is 1.03 bits per heavy atom. The van der Waals surface area contributed by atoms with Crippen LogP contribution in [0, 0.1) is 5.82 Å². The highest BCUT2D eigenvalue weighted by Crippen LogP contribution is 2.21. The van der Waals surface area contributed by atoms with Crippen molar-refractivity contribution >= 4 is 11.8 Å². The van der Waals surface area contributed by atoms with Gasteiger partial charge >= 0.3 is 0 Å². The van der Waals surface area contributed by atoms with Crippen LogP contribution in [-0.2, 0) is 11.3 Å². The molecule has 3 heterocycles. The van der Waals surface area contributed by atoms with Crippen LogP contribution in [0.15, 0.2) is 73.2 Å². The zero-order valence-electron chi connectivity index (χ0n) is 18.5. The number of rotatable bonds is 1. The average Bonchev–Trinajstić information content (AvgIpc) is 3.41. The summed E-state index contributed by atoms with van der Waals surface area (Å²) < 4.78 is 12.7. The van der Waals surface area contributed by atoms with E-state index < -0.39 is 0 Å². The van der Waals surface area contributed by atoms with E-state index in [4.69, 9.17) is 0 Å². The molecule has 2 N–H and O–H groups in total. The molecule has 7 heteroatoms. The Morgan fingerprint density at radius 2 is 1.75 bits per heavy atom. The smallest absolute Gasteiger partial charge is 0.254 e. The lowest BCUT2D eigenvalue weighted by Crippen LogP contribution is -2.18. The van der Waals surface area contributed by atoms with Crippen molar-refractivity contribution in [3.63, 3.8) is 0 Å². The largest absolute Gasteiger partial charge is 0.378 e. The second-order valence-electron chi connectivity index (χ2n) is 8.01. The highest BCUT2D eigenvalue weighted by molar-refractivity contribution is 5.98. The van der Waals surface area contributed by atoms with E-state index in [9.17, 15) is 14.0 Å². The van der Waals surface area contributed by atoms with E-state index in [0.29, 0.717) is 17.9 Å². The van der Waals surface area contributed by atoms with Gasteiger partial charge in [-0.3, -0.25) is 9.59 Å². The summed E-state index contributed by atoms with van der Waals surface area (Å²) in [6.45, 7) is 9.30. The Morgan fingerprint density at radius 3 is 2.28 bits per heavy atom. The predicted molar refractivity (Wildman–Crippen MR) is 123 cm³/mol. The number of carbonyl (C=O) groups is 2. The molecule has 2 fully saturated rings. The number of likely N-dealkylation sites (tertiary alicyclic amines) is 1. The van der Waals surface area contributed by atoms with Gasteiger partial charge in [-0.2, -0.15) is 0 Å². The van der Waals surface area contributed by atoms with Crippen LogP contribution in [0.5, 0.6) is 0 Å². The third-order valence-electron chi connectivity index (χ3n) is 5.54. The Labute approximate surface area is 188 Å². The van der Waals surface area contributed by atoms with E-state index in [2.05, 4.69) is 35.7 Å². The van der Waals surface area contributed by atoms with Crippen molar-refractivity contribution in [2.24, 2.45) is 0 Å². The molecular formula is C25H29FN4O2. The van der Waals surface area contributed by atoms with Crippen LogP contribution in [0.1, 0.15) is 40.4 Å². The number of amides is 2. The zero-order valence-corrected chi connectivity index (χ0v) is 18.5. The second-order valence-corrected chi connectivity index (χ2v) is 8.01. The van der Waals surface area contributed by atoms with Crippen molar-refractivity contribution < 1.29 is 14.0 Å². The van der Waals surface area contributed by atoms with Crippen LogP contribution in [0.2, 0.25) is 0 Å².